The first-order valence-electron chi connectivity index (χ1n) is 6.92. The van der Waals surface area contributed by atoms with Gasteiger partial charge in [0.2, 0.25) is 0 Å². The molecule has 0 spiro atoms. The molecule has 2 aliphatic heterocycles. The van der Waals surface area contributed by atoms with Crippen molar-refractivity contribution in [1.82, 2.24) is 0 Å². The zero-order chi connectivity index (χ0) is 14.4. The van der Waals surface area contributed by atoms with Crippen molar-refractivity contribution in [1.29, 1.82) is 0 Å². The van der Waals surface area contributed by atoms with Gasteiger partial charge in [-0.3, -0.25) is 4.99 Å². The molecular weight excluding hydrogens is 305 g/mol. The number of hydrogen-bond donors (Lipinski definition) is 0. The number of halogens is 1. The molecule has 0 saturated carbocycles. The van der Waals surface area contributed by atoms with E-state index in [0.29, 0.717) is 11.8 Å². The van der Waals surface area contributed by atoms with Crippen LogP contribution in [0.1, 0.15) is 48.0 Å². The van der Waals surface area contributed by atoms with Crippen LogP contribution in [0.5, 0.6) is 0 Å². The lowest BCUT2D eigenvalue weighted by molar-refractivity contribution is 0.00578. The molecule has 19 heavy (non-hydrogen) atoms. The van der Waals surface area contributed by atoms with Crippen LogP contribution in [0.4, 0.5) is 0 Å². The summed E-state index contributed by atoms with van der Waals surface area (Å²) in [5.74, 6) is 0.946. The molecule has 0 radical (unpaired) electrons. The van der Waals surface area contributed by atoms with Crippen molar-refractivity contribution in [2.24, 2.45) is 16.8 Å². The van der Waals surface area contributed by atoms with Gasteiger partial charge in [0.15, 0.2) is 0 Å². The lowest BCUT2D eigenvalue weighted by Crippen LogP contribution is -2.41. The molecule has 0 N–H and O–H groups in total. The second kappa shape index (κ2) is 5.01. The van der Waals surface area contributed by atoms with E-state index in [1.165, 1.54) is 0 Å². The number of hydrogen-bond acceptors (Lipinski definition) is 3. The van der Waals surface area contributed by atoms with E-state index in [4.69, 9.17) is 9.31 Å². The number of rotatable bonds is 1. The monoisotopic (exact) mass is 327 g/mol. The summed E-state index contributed by atoms with van der Waals surface area (Å²) in [5, 5.41) is 0. The smallest absolute Gasteiger partial charge is 0.400 e. The van der Waals surface area contributed by atoms with Crippen molar-refractivity contribution in [2.45, 2.75) is 59.2 Å². The maximum atomic E-state index is 6.10. The van der Waals surface area contributed by atoms with Crippen molar-refractivity contribution >= 4 is 27.7 Å². The third kappa shape index (κ3) is 2.83. The van der Waals surface area contributed by atoms with Crippen molar-refractivity contribution in [3.8, 4) is 0 Å². The molecule has 1 saturated heterocycles. The van der Waals surface area contributed by atoms with Crippen LogP contribution in [0.25, 0.3) is 0 Å². The van der Waals surface area contributed by atoms with E-state index < -0.39 is 0 Å². The summed E-state index contributed by atoms with van der Waals surface area (Å²) in [7, 11) is -0.276. The van der Waals surface area contributed by atoms with E-state index in [-0.39, 0.29) is 18.3 Å². The number of nitrogens with zero attached hydrogens (tertiary/aromatic N) is 1. The fourth-order valence-corrected chi connectivity index (χ4v) is 2.80. The average Bonchev–Trinajstić information content (AvgIpc) is 2.42. The first kappa shape index (κ1) is 15.3. The van der Waals surface area contributed by atoms with Gasteiger partial charge in [-0.1, -0.05) is 13.8 Å². The molecule has 2 rings (SSSR count). The van der Waals surface area contributed by atoms with Crippen LogP contribution in [0, 0.1) is 11.8 Å². The third-order valence-corrected chi connectivity index (χ3v) is 5.62. The Labute approximate surface area is 125 Å². The van der Waals surface area contributed by atoms with Gasteiger partial charge in [-0.15, -0.1) is 0 Å². The Balaban J connectivity index is 2.21. The molecule has 2 aliphatic rings. The Morgan fingerprint density at radius 3 is 2.26 bits per heavy atom. The minimum Gasteiger partial charge on any atom is -0.400 e. The summed E-state index contributed by atoms with van der Waals surface area (Å²) in [6.07, 6.45) is 2.86. The van der Waals surface area contributed by atoms with Gasteiger partial charge in [-0.25, -0.2) is 0 Å². The molecule has 0 bridgehead atoms. The minimum absolute atomic E-state index is 0.276. The predicted octanol–water partition coefficient (Wildman–Crippen LogP) is 3.97. The molecule has 2 unspecified atom stereocenters. The summed E-state index contributed by atoms with van der Waals surface area (Å²) in [6, 6.07) is 0. The van der Waals surface area contributed by atoms with Gasteiger partial charge in [-0.2, -0.15) is 0 Å². The molecule has 3 nitrogen and oxygen atoms in total. The first-order valence-corrected chi connectivity index (χ1v) is 7.71. The molecule has 0 aliphatic carbocycles. The molecule has 0 aromatic rings. The highest BCUT2D eigenvalue weighted by atomic mass is 79.9. The zero-order valence-electron chi connectivity index (χ0n) is 12.7. The minimum atomic E-state index is -0.291. The number of aliphatic imine (C=N–C) groups is 1. The Morgan fingerprint density at radius 2 is 1.74 bits per heavy atom. The van der Waals surface area contributed by atoms with Crippen LogP contribution < -0.4 is 0 Å². The Morgan fingerprint density at radius 1 is 1.21 bits per heavy atom. The van der Waals surface area contributed by atoms with Crippen LogP contribution in [-0.2, 0) is 9.31 Å². The largest absolute Gasteiger partial charge is 0.492 e. The molecule has 5 heteroatoms. The molecule has 2 atom stereocenters. The van der Waals surface area contributed by atoms with Gasteiger partial charge in [0, 0.05) is 12.1 Å². The molecule has 0 aromatic carbocycles. The molecule has 1 fully saturated rings. The summed E-state index contributed by atoms with van der Waals surface area (Å²) in [5.41, 5.74) is 0.550. The topological polar surface area (TPSA) is 30.8 Å². The fourth-order valence-electron chi connectivity index (χ4n) is 2.25. The van der Waals surface area contributed by atoms with Crippen LogP contribution in [-0.4, -0.2) is 22.9 Å². The summed E-state index contributed by atoms with van der Waals surface area (Å²) in [4.78, 5) is 4.49. The summed E-state index contributed by atoms with van der Waals surface area (Å²) >= 11 is 3.55. The molecular formula is C14H23BBrNO2. The lowest BCUT2D eigenvalue weighted by Gasteiger charge is -2.32. The Hall–Kier alpha value is -0.125. The third-order valence-electron chi connectivity index (χ3n) is 4.70. The molecule has 2 heterocycles. The van der Waals surface area contributed by atoms with Gasteiger partial charge in [0.25, 0.3) is 0 Å². The van der Waals surface area contributed by atoms with E-state index in [0.717, 1.165) is 16.5 Å². The fraction of sp³-hybridized carbons (Fsp3) is 0.786. The second-order valence-corrected chi connectivity index (χ2v) is 7.53. The van der Waals surface area contributed by atoms with Crippen LogP contribution >= 0.6 is 15.9 Å². The molecule has 106 valence electrons. The highest BCUT2D eigenvalue weighted by Crippen LogP contribution is 2.40. The standard InChI is InChI=1S/C14H23BBrNO2/c1-9-7-11(8-17-12(16)10(9)2)15-18-13(3,4)14(5,6)19-15/h8-10H,7H2,1-6H3. The van der Waals surface area contributed by atoms with E-state index >= 15 is 0 Å². The normalized spacial score (nSPS) is 33.7. The van der Waals surface area contributed by atoms with Crippen molar-refractivity contribution < 1.29 is 9.31 Å². The zero-order valence-corrected chi connectivity index (χ0v) is 14.2. The SMILES string of the molecule is CC1CC(B2OC(C)(C)C(C)(C)O2)=CN=C(Br)C1C. The van der Waals surface area contributed by atoms with Crippen LogP contribution in [0.3, 0.4) is 0 Å². The first-order chi connectivity index (χ1) is 8.64. The van der Waals surface area contributed by atoms with Crippen molar-refractivity contribution in [3.05, 3.63) is 11.7 Å². The average molecular weight is 328 g/mol. The van der Waals surface area contributed by atoms with E-state index in [1.54, 1.807) is 0 Å². The molecule has 0 aromatic heterocycles. The van der Waals surface area contributed by atoms with Gasteiger partial charge in [0.1, 0.15) is 0 Å². The lowest BCUT2D eigenvalue weighted by atomic mass is 9.73. The van der Waals surface area contributed by atoms with Crippen LogP contribution in [0.15, 0.2) is 16.7 Å². The van der Waals surface area contributed by atoms with Gasteiger partial charge in [-0.05, 0) is 61.4 Å². The van der Waals surface area contributed by atoms with Crippen molar-refractivity contribution in [2.75, 3.05) is 0 Å². The highest BCUT2D eigenvalue weighted by Gasteiger charge is 2.52. The van der Waals surface area contributed by atoms with Crippen LogP contribution in [0.2, 0.25) is 0 Å². The maximum absolute atomic E-state index is 6.10. The summed E-state index contributed by atoms with van der Waals surface area (Å²) < 4.78 is 13.2. The highest BCUT2D eigenvalue weighted by molar-refractivity contribution is 9.18. The van der Waals surface area contributed by atoms with E-state index in [1.807, 2.05) is 6.20 Å². The maximum Gasteiger partial charge on any atom is 0.492 e. The van der Waals surface area contributed by atoms with E-state index in [9.17, 15) is 0 Å². The number of allylic oxidation sites excluding steroid dienone is 1. The quantitative estimate of drug-likeness (QED) is 0.682. The predicted molar refractivity (Wildman–Crippen MR) is 83.5 cm³/mol. The van der Waals surface area contributed by atoms with E-state index in [2.05, 4.69) is 62.5 Å². The molecule has 0 amide bonds. The van der Waals surface area contributed by atoms with Gasteiger partial charge >= 0.3 is 7.12 Å². The summed E-state index contributed by atoms with van der Waals surface area (Å²) in [6.45, 7) is 12.8. The Kier molecular flexibility index (Phi) is 4.03. The van der Waals surface area contributed by atoms with Gasteiger partial charge in [0.05, 0.1) is 15.8 Å². The second-order valence-electron chi connectivity index (χ2n) is 6.71. The van der Waals surface area contributed by atoms with Gasteiger partial charge < -0.3 is 9.31 Å². The Bertz CT molecular complexity index is 415. The van der Waals surface area contributed by atoms with Crippen molar-refractivity contribution in [3.63, 3.8) is 0 Å².